The van der Waals surface area contributed by atoms with Crippen molar-refractivity contribution in [2.24, 2.45) is 0 Å². The van der Waals surface area contributed by atoms with Crippen LogP contribution in [0.15, 0.2) is 18.2 Å². The number of carbonyl (C=O) groups is 1. The first-order chi connectivity index (χ1) is 7.06. The number of carbonyl (C=O) groups excluding carboxylic acids is 1. The third-order valence-electron chi connectivity index (χ3n) is 1.71. The van der Waals surface area contributed by atoms with E-state index in [1.165, 1.54) is 12.1 Å². The monoisotopic (exact) mass is 294 g/mol. The van der Waals surface area contributed by atoms with Gasteiger partial charge in [0.05, 0.1) is 6.61 Å². The average Bonchev–Trinajstić information content (AvgIpc) is 2.20. The minimum atomic E-state index is -0.838. The second kappa shape index (κ2) is 5.47. The van der Waals surface area contributed by atoms with Crippen LogP contribution in [0.1, 0.15) is 17.3 Å². The second-order valence-electron chi connectivity index (χ2n) is 2.74. The molecule has 1 aromatic rings. The summed E-state index contributed by atoms with van der Waals surface area (Å²) in [4.78, 5) is 11.4. The molecule has 1 aromatic carbocycles. The van der Waals surface area contributed by atoms with Crippen LogP contribution in [0.25, 0.3) is 0 Å². The maximum Gasteiger partial charge on any atom is 0.191 e. The molecule has 1 unspecified atom stereocenters. The molecule has 0 spiro atoms. The lowest BCUT2D eigenvalue weighted by Crippen LogP contribution is -2.08. The van der Waals surface area contributed by atoms with Crippen LogP contribution >= 0.6 is 27.5 Å². The van der Waals surface area contributed by atoms with Gasteiger partial charge in [0.1, 0.15) is 0 Å². The summed E-state index contributed by atoms with van der Waals surface area (Å²) in [7, 11) is 0. The molecule has 0 aliphatic heterocycles. The molecule has 0 fully saturated rings. The summed E-state index contributed by atoms with van der Waals surface area (Å²) in [5.74, 6) is -0.805. The summed E-state index contributed by atoms with van der Waals surface area (Å²) < 4.78 is 17.5. The summed E-state index contributed by atoms with van der Waals surface area (Å²) in [6.07, 6.45) is 0. The van der Waals surface area contributed by atoms with Crippen molar-refractivity contribution in [3.63, 3.8) is 0 Å². The van der Waals surface area contributed by atoms with E-state index in [1.54, 1.807) is 6.92 Å². The normalized spacial score (nSPS) is 12.3. The van der Waals surface area contributed by atoms with E-state index in [4.69, 9.17) is 16.3 Å². The highest BCUT2D eigenvalue weighted by Crippen LogP contribution is 2.21. The molecular formula is C10H9BrClFO2. The lowest BCUT2D eigenvalue weighted by Gasteiger charge is -2.06. The van der Waals surface area contributed by atoms with Crippen LogP contribution in [0.2, 0.25) is 0 Å². The van der Waals surface area contributed by atoms with Crippen LogP contribution in [-0.4, -0.2) is 16.7 Å². The maximum absolute atomic E-state index is 13.3. The second-order valence-corrected chi connectivity index (χ2v) is 4.62. The van der Waals surface area contributed by atoms with Gasteiger partial charge >= 0.3 is 0 Å². The van der Waals surface area contributed by atoms with E-state index in [-0.39, 0.29) is 17.1 Å². The smallest absolute Gasteiger partial charge is 0.191 e. The van der Waals surface area contributed by atoms with Crippen molar-refractivity contribution in [2.75, 3.05) is 6.61 Å². The molecule has 0 aliphatic rings. The number of alkyl halides is 2. The number of rotatable bonds is 4. The van der Waals surface area contributed by atoms with Gasteiger partial charge in [0.2, 0.25) is 0 Å². The van der Waals surface area contributed by atoms with Crippen LogP contribution in [0.4, 0.5) is 4.39 Å². The average molecular weight is 296 g/mol. The summed E-state index contributed by atoms with van der Waals surface area (Å²) in [6.45, 7) is 2.13. The van der Waals surface area contributed by atoms with E-state index in [1.807, 2.05) is 0 Å². The Kier molecular flexibility index (Phi) is 4.54. The SMILES string of the molecule is CCOc1ccc(C(=O)C(Cl)Br)cc1F. The molecule has 2 nitrogen and oxygen atoms in total. The number of hydrogen-bond donors (Lipinski definition) is 0. The molecular weight excluding hydrogens is 286 g/mol. The summed E-state index contributed by atoms with van der Waals surface area (Å²) in [5, 5.41) is 0. The van der Waals surface area contributed by atoms with Gasteiger partial charge < -0.3 is 4.74 Å². The van der Waals surface area contributed by atoms with E-state index in [0.717, 1.165) is 6.07 Å². The number of ketones is 1. The molecule has 15 heavy (non-hydrogen) atoms. The number of Topliss-reactive ketones (excluding diaryl/α,β-unsaturated/α-hetero) is 1. The van der Waals surface area contributed by atoms with Crippen LogP contribution in [0.3, 0.4) is 0 Å². The Morgan fingerprint density at radius 2 is 2.33 bits per heavy atom. The molecule has 5 heteroatoms. The van der Waals surface area contributed by atoms with Crippen molar-refractivity contribution in [1.82, 2.24) is 0 Å². The Morgan fingerprint density at radius 1 is 1.67 bits per heavy atom. The molecule has 82 valence electrons. The zero-order valence-electron chi connectivity index (χ0n) is 7.97. The van der Waals surface area contributed by atoms with Gasteiger partial charge in [0.25, 0.3) is 0 Å². The number of benzene rings is 1. The molecule has 1 atom stereocenters. The molecule has 0 saturated carbocycles. The zero-order chi connectivity index (χ0) is 11.4. The molecule has 0 radical (unpaired) electrons. The Hall–Kier alpha value is -0.610. The first kappa shape index (κ1) is 12.5. The molecule has 0 amide bonds. The van der Waals surface area contributed by atoms with E-state index >= 15 is 0 Å². The van der Waals surface area contributed by atoms with E-state index in [0.29, 0.717) is 6.61 Å². The highest BCUT2D eigenvalue weighted by atomic mass is 79.9. The lowest BCUT2D eigenvalue weighted by molar-refractivity contribution is 0.101. The molecule has 0 aliphatic carbocycles. The van der Waals surface area contributed by atoms with Crippen LogP contribution < -0.4 is 4.74 Å². The van der Waals surface area contributed by atoms with Gasteiger partial charge in [-0.05, 0) is 25.1 Å². The van der Waals surface area contributed by atoms with Gasteiger partial charge in [0, 0.05) is 5.56 Å². The first-order valence-corrected chi connectivity index (χ1v) is 5.66. The standard InChI is InChI=1S/C10H9BrClFO2/c1-2-15-8-4-3-6(5-7(8)13)9(14)10(11)12/h3-5,10H,2H2,1H3. The van der Waals surface area contributed by atoms with Crippen molar-refractivity contribution in [2.45, 2.75) is 11.2 Å². The third kappa shape index (κ3) is 3.18. The number of halogens is 3. The Labute approximate surface area is 101 Å². The zero-order valence-corrected chi connectivity index (χ0v) is 10.3. The summed E-state index contributed by atoms with van der Waals surface area (Å²) in [6, 6.07) is 4.01. The Bertz CT molecular complexity index is 368. The topological polar surface area (TPSA) is 26.3 Å². The lowest BCUT2D eigenvalue weighted by atomic mass is 10.1. The highest BCUT2D eigenvalue weighted by molar-refractivity contribution is 9.10. The predicted molar refractivity (Wildman–Crippen MR) is 60.5 cm³/mol. The Morgan fingerprint density at radius 3 is 2.80 bits per heavy atom. The van der Waals surface area contributed by atoms with Crippen molar-refractivity contribution >= 4 is 33.3 Å². The molecule has 0 bridgehead atoms. The van der Waals surface area contributed by atoms with Crippen LogP contribution in [0, 0.1) is 5.82 Å². The number of hydrogen-bond acceptors (Lipinski definition) is 2. The largest absolute Gasteiger partial charge is 0.491 e. The van der Waals surface area contributed by atoms with E-state index in [9.17, 15) is 9.18 Å². The van der Waals surface area contributed by atoms with Crippen LogP contribution in [0.5, 0.6) is 5.75 Å². The van der Waals surface area contributed by atoms with Crippen molar-refractivity contribution in [3.8, 4) is 5.75 Å². The highest BCUT2D eigenvalue weighted by Gasteiger charge is 2.15. The summed E-state index contributed by atoms with van der Waals surface area (Å²) >= 11 is 8.44. The van der Waals surface area contributed by atoms with Crippen molar-refractivity contribution in [1.29, 1.82) is 0 Å². The predicted octanol–water partition coefficient (Wildman–Crippen LogP) is 3.37. The van der Waals surface area contributed by atoms with Crippen molar-refractivity contribution in [3.05, 3.63) is 29.6 Å². The van der Waals surface area contributed by atoms with Gasteiger partial charge in [-0.15, -0.1) is 11.6 Å². The minimum Gasteiger partial charge on any atom is -0.491 e. The van der Waals surface area contributed by atoms with Gasteiger partial charge in [0.15, 0.2) is 21.6 Å². The van der Waals surface area contributed by atoms with Gasteiger partial charge in [-0.3, -0.25) is 4.79 Å². The maximum atomic E-state index is 13.3. The van der Waals surface area contributed by atoms with Gasteiger partial charge in [-0.25, -0.2) is 4.39 Å². The van der Waals surface area contributed by atoms with E-state index in [2.05, 4.69) is 15.9 Å². The fourth-order valence-electron chi connectivity index (χ4n) is 1.05. The molecule has 0 saturated heterocycles. The van der Waals surface area contributed by atoms with Gasteiger partial charge in [-0.2, -0.15) is 0 Å². The van der Waals surface area contributed by atoms with E-state index < -0.39 is 10.1 Å². The fourth-order valence-corrected chi connectivity index (χ4v) is 1.44. The molecule has 0 heterocycles. The quantitative estimate of drug-likeness (QED) is 0.629. The third-order valence-corrected chi connectivity index (χ3v) is 2.33. The molecule has 0 aromatic heterocycles. The number of ether oxygens (including phenoxy) is 1. The van der Waals surface area contributed by atoms with Crippen LogP contribution in [-0.2, 0) is 0 Å². The molecule has 1 rings (SSSR count). The van der Waals surface area contributed by atoms with Gasteiger partial charge in [-0.1, -0.05) is 15.9 Å². The Balaban J connectivity index is 2.96. The minimum absolute atomic E-state index is 0.134. The first-order valence-electron chi connectivity index (χ1n) is 4.31. The fraction of sp³-hybridized carbons (Fsp3) is 0.300. The summed E-state index contributed by atoms with van der Waals surface area (Å²) in [5.41, 5.74) is 0.216. The van der Waals surface area contributed by atoms with Crippen molar-refractivity contribution < 1.29 is 13.9 Å². The molecule has 0 N–H and O–H groups in total.